The summed E-state index contributed by atoms with van der Waals surface area (Å²) in [5.41, 5.74) is 0.162. The molecule has 19 heavy (non-hydrogen) atoms. The van der Waals surface area contributed by atoms with Gasteiger partial charge in [-0.2, -0.15) is 5.26 Å². The van der Waals surface area contributed by atoms with E-state index < -0.39 is 17.6 Å². The Morgan fingerprint density at radius 1 is 1.26 bits per heavy atom. The molecule has 1 atom stereocenters. The van der Waals surface area contributed by atoms with Gasteiger partial charge in [-0.05, 0) is 6.07 Å². The highest BCUT2D eigenvalue weighted by atomic mass is 19.1. The third-order valence-electron chi connectivity index (χ3n) is 2.59. The Morgan fingerprint density at radius 2 is 2.05 bits per heavy atom. The van der Waals surface area contributed by atoms with E-state index in [4.69, 9.17) is 5.26 Å². The van der Waals surface area contributed by atoms with Gasteiger partial charge in [0.05, 0.1) is 25.1 Å². The molecular weight excluding hydrogens is 252 g/mol. The van der Waals surface area contributed by atoms with Gasteiger partial charge in [0, 0.05) is 24.0 Å². The maximum Gasteiger partial charge on any atom is 0.165 e. The average molecular weight is 261 g/mol. The Morgan fingerprint density at radius 3 is 2.63 bits per heavy atom. The SMILES string of the molecule is COc1cc(F)c(C(C#N)c2cnccn2)cc1F. The molecule has 1 heterocycles. The summed E-state index contributed by atoms with van der Waals surface area (Å²) < 4.78 is 32.2. The van der Waals surface area contributed by atoms with Crippen LogP contribution in [-0.2, 0) is 0 Å². The van der Waals surface area contributed by atoms with Crippen LogP contribution in [0.3, 0.4) is 0 Å². The topological polar surface area (TPSA) is 58.8 Å². The molecule has 0 saturated carbocycles. The van der Waals surface area contributed by atoms with E-state index in [-0.39, 0.29) is 17.0 Å². The van der Waals surface area contributed by atoms with E-state index in [1.807, 2.05) is 6.07 Å². The fraction of sp³-hybridized carbons (Fsp3) is 0.154. The molecule has 1 aromatic carbocycles. The number of halogens is 2. The Balaban J connectivity index is 2.51. The van der Waals surface area contributed by atoms with Crippen molar-refractivity contribution in [2.24, 2.45) is 0 Å². The molecule has 0 bridgehead atoms. The number of methoxy groups -OCH3 is 1. The molecule has 2 aromatic rings. The second kappa shape index (κ2) is 5.40. The number of benzene rings is 1. The predicted molar refractivity (Wildman–Crippen MR) is 62.4 cm³/mol. The zero-order valence-corrected chi connectivity index (χ0v) is 9.97. The van der Waals surface area contributed by atoms with Crippen LogP contribution in [0.15, 0.2) is 30.7 Å². The van der Waals surface area contributed by atoms with Crippen molar-refractivity contribution in [2.45, 2.75) is 5.92 Å². The molecule has 0 amide bonds. The summed E-state index contributed by atoms with van der Waals surface area (Å²) in [4.78, 5) is 7.74. The van der Waals surface area contributed by atoms with E-state index in [0.717, 1.165) is 12.1 Å². The molecule has 0 radical (unpaired) electrons. The van der Waals surface area contributed by atoms with E-state index in [9.17, 15) is 8.78 Å². The lowest BCUT2D eigenvalue weighted by Crippen LogP contribution is -2.05. The van der Waals surface area contributed by atoms with Crippen molar-refractivity contribution in [2.75, 3.05) is 7.11 Å². The van der Waals surface area contributed by atoms with Crippen molar-refractivity contribution >= 4 is 0 Å². The van der Waals surface area contributed by atoms with Crippen molar-refractivity contribution in [1.29, 1.82) is 5.26 Å². The number of nitriles is 1. The Hall–Kier alpha value is -2.55. The molecule has 0 aliphatic heterocycles. The molecule has 0 saturated heterocycles. The minimum absolute atomic E-state index is 0.0960. The van der Waals surface area contributed by atoms with Gasteiger partial charge in [0.2, 0.25) is 0 Å². The number of rotatable bonds is 3. The van der Waals surface area contributed by atoms with Crippen LogP contribution >= 0.6 is 0 Å². The highest BCUT2D eigenvalue weighted by Gasteiger charge is 2.21. The van der Waals surface area contributed by atoms with Crippen LogP contribution in [0.2, 0.25) is 0 Å². The van der Waals surface area contributed by atoms with Gasteiger partial charge in [0.1, 0.15) is 11.7 Å². The summed E-state index contributed by atoms with van der Waals surface area (Å²) >= 11 is 0. The number of hydrogen-bond donors (Lipinski definition) is 0. The van der Waals surface area contributed by atoms with Crippen LogP contribution < -0.4 is 4.74 Å². The van der Waals surface area contributed by atoms with Gasteiger partial charge in [-0.3, -0.25) is 9.97 Å². The summed E-state index contributed by atoms with van der Waals surface area (Å²) in [5, 5.41) is 9.14. The molecule has 0 fully saturated rings. The Kier molecular flexibility index (Phi) is 3.66. The number of nitrogens with zero attached hydrogens (tertiary/aromatic N) is 3. The van der Waals surface area contributed by atoms with Gasteiger partial charge in [0.25, 0.3) is 0 Å². The molecule has 4 nitrogen and oxygen atoms in total. The van der Waals surface area contributed by atoms with E-state index >= 15 is 0 Å². The van der Waals surface area contributed by atoms with Crippen LogP contribution in [0.5, 0.6) is 5.75 Å². The standard InChI is InChI=1S/C13H9F2N3O/c1-19-13-5-10(14)8(4-11(13)15)9(6-16)12-7-17-2-3-18-12/h2-5,7,9H,1H3. The third kappa shape index (κ3) is 2.50. The number of aromatic nitrogens is 2. The lowest BCUT2D eigenvalue weighted by Gasteiger charge is -2.11. The van der Waals surface area contributed by atoms with Gasteiger partial charge >= 0.3 is 0 Å². The largest absolute Gasteiger partial charge is 0.494 e. The monoisotopic (exact) mass is 261 g/mol. The zero-order chi connectivity index (χ0) is 13.8. The molecule has 96 valence electrons. The first-order chi connectivity index (χ1) is 9.17. The molecule has 0 spiro atoms. The second-order valence-corrected chi connectivity index (χ2v) is 3.70. The van der Waals surface area contributed by atoms with Crippen LogP contribution in [0.25, 0.3) is 0 Å². The van der Waals surface area contributed by atoms with Gasteiger partial charge in [-0.25, -0.2) is 8.78 Å². The fourth-order valence-corrected chi connectivity index (χ4v) is 1.68. The van der Waals surface area contributed by atoms with Gasteiger partial charge in [-0.1, -0.05) is 0 Å². The molecule has 1 aromatic heterocycles. The first-order valence-corrected chi connectivity index (χ1v) is 5.35. The van der Waals surface area contributed by atoms with Crippen LogP contribution in [0, 0.1) is 23.0 Å². The van der Waals surface area contributed by atoms with Crippen molar-refractivity contribution < 1.29 is 13.5 Å². The highest BCUT2D eigenvalue weighted by Crippen LogP contribution is 2.29. The molecule has 1 unspecified atom stereocenters. The summed E-state index contributed by atoms with van der Waals surface area (Å²) in [6, 6.07) is 3.74. The summed E-state index contributed by atoms with van der Waals surface area (Å²) in [6.45, 7) is 0. The van der Waals surface area contributed by atoms with E-state index in [0.29, 0.717) is 0 Å². The summed E-state index contributed by atoms with van der Waals surface area (Å²) in [6.07, 6.45) is 4.16. The van der Waals surface area contributed by atoms with E-state index in [1.165, 1.54) is 25.7 Å². The van der Waals surface area contributed by atoms with Crippen LogP contribution in [0.1, 0.15) is 17.2 Å². The predicted octanol–water partition coefficient (Wildman–Crippen LogP) is 2.42. The summed E-state index contributed by atoms with van der Waals surface area (Å²) in [5.74, 6) is -2.69. The maximum atomic E-state index is 13.9. The Bertz CT molecular complexity index is 626. The molecule has 0 aliphatic carbocycles. The first-order valence-electron chi connectivity index (χ1n) is 5.35. The zero-order valence-electron chi connectivity index (χ0n) is 9.97. The average Bonchev–Trinajstić information content (AvgIpc) is 2.44. The fourth-order valence-electron chi connectivity index (χ4n) is 1.68. The van der Waals surface area contributed by atoms with Crippen molar-refractivity contribution in [3.8, 4) is 11.8 Å². The summed E-state index contributed by atoms with van der Waals surface area (Å²) in [7, 11) is 1.24. The first kappa shape index (κ1) is 12.9. The Labute approximate surface area is 108 Å². The molecule has 2 rings (SSSR count). The van der Waals surface area contributed by atoms with Gasteiger partial charge in [0.15, 0.2) is 11.6 Å². The van der Waals surface area contributed by atoms with Crippen molar-refractivity contribution in [3.05, 3.63) is 53.6 Å². The van der Waals surface area contributed by atoms with Crippen molar-refractivity contribution in [3.63, 3.8) is 0 Å². The number of ether oxygens (including phenoxy) is 1. The molecule has 0 N–H and O–H groups in total. The van der Waals surface area contributed by atoms with E-state index in [1.54, 1.807) is 0 Å². The molecule has 6 heteroatoms. The molecule has 0 aliphatic rings. The minimum Gasteiger partial charge on any atom is -0.494 e. The van der Waals surface area contributed by atoms with Gasteiger partial charge < -0.3 is 4.74 Å². The number of hydrogen-bond acceptors (Lipinski definition) is 4. The minimum atomic E-state index is -1.02. The van der Waals surface area contributed by atoms with Gasteiger partial charge in [-0.15, -0.1) is 0 Å². The van der Waals surface area contributed by atoms with E-state index in [2.05, 4.69) is 14.7 Å². The van der Waals surface area contributed by atoms with Crippen LogP contribution in [0.4, 0.5) is 8.78 Å². The normalized spacial score (nSPS) is 11.7. The highest BCUT2D eigenvalue weighted by molar-refractivity contribution is 5.39. The van der Waals surface area contributed by atoms with Crippen molar-refractivity contribution in [1.82, 2.24) is 9.97 Å². The lowest BCUT2D eigenvalue weighted by molar-refractivity contribution is 0.381. The third-order valence-corrected chi connectivity index (χ3v) is 2.59. The second-order valence-electron chi connectivity index (χ2n) is 3.70. The lowest BCUT2D eigenvalue weighted by atomic mass is 9.96. The molecular formula is C13H9F2N3O. The quantitative estimate of drug-likeness (QED) is 0.851. The van der Waals surface area contributed by atoms with Crippen LogP contribution in [-0.4, -0.2) is 17.1 Å². The smallest absolute Gasteiger partial charge is 0.165 e. The maximum absolute atomic E-state index is 13.9.